The predicted molar refractivity (Wildman–Crippen MR) is 58.0 cm³/mol. The zero-order chi connectivity index (χ0) is 11.2. The van der Waals surface area contributed by atoms with Gasteiger partial charge in [-0.1, -0.05) is 27.2 Å². The van der Waals surface area contributed by atoms with E-state index in [4.69, 9.17) is 5.11 Å². The van der Waals surface area contributed by atoms with E-state index in [0.29, 0.717) is 0 Å². The summed E-state index contributed by atoms with van der Waals surface area (Å²) in [6.45, 7) is 7.81. The molecule has 0 aliphatic carbocycles. The van der Waals surface area contributed by atoms with Gasteiger partial charge in [0, 0.05) is 5.92 Å². The smallest absolute Gasteiger partial charge is 0.223 e. The Hall–Kier alpha value is -0.570. The van der Waals surface area contributed by atoms with Gasteiger partial charge in [-0.3, -0.25) is 4.79 Å². The van der Waals surface area contributed by atoms with Gasteiger partial charge in [-0.15, -0.1) is 0 Å². The van der Waals surface area contributed by atoms with Crippen molar-refractivity contribution in [1.82, 2.24) is 5.32 Å². The Labute approximate surface area is 86.9 Å². The maximum absolute atomic E-state index is 11.6. The number of hydrogen-bond donors (Lipinski definition) is 2. The average molecular weight is 201 g/mol. The van der Waals surface area contributed by atoms with Crippen LogP contribution >= 0.6 is 0 Å². The summed E-state index contributed by atoms with van der Waals surface area (Å²) in [4.78, 5) is 11.6. The topological polar surface area (TPSA) is 49.3 Å². The minimum atomic E-state index is -0.459. The molecule has 2 N–H and O–H groups in total. The van der Waals surface area contributed by atoms with Crippen molar-refractivity contribution in [3.8, 4) is 0 Å². The van der Waals surface area contributed by atoms with Crippen molar-refractivity contribution in [3.63, 3.8) is 0 Å². The molecule has 0 spiro atoms. The zero-order valence-electron chi connectivity index (χ0n) is 9.76. The van der Waals surface area contributed by atoms with Gasteiger partial charge in [0.25, 0.3) is 0 Å². The average Bonchev–Trinajstić information content (AvgIpc) is 2.18. The van der Waals surface area contributed by atoms with Crippen LogP contribution in [0.5, 0.6) is 0 Å². The number of carbonyl (C=O) groups excluding carboxylic acids is 1. The summed E-state index contributed by atoms with van der Waals surface area (Å²) in [6.07, 6.45) is 2.65. The number of amides is 1. The first-order valence-electron chi connectivity index (χ1n) is 5.42. The number of carbonyl (C=O) groups is 1. The van der Waals surface area contributed by atoms with Crippen molar-refractivity contribution in [2.75, 3.05) is 6.61 Å². The van der Waals surface area contributed by atoms with Crippen LogP contribution < -0.4 is 5.32 Å². The zero-order valence-corrected chi connectivity index (χ0v) is 9.76. The van der Waals surface area contributed by atoms with Gasteiger partial charge in [-0.25, -0.2) is 0 Å². The van der Waals surface area contributed by atoms with Gasteiger partial charge in [0.15, 0.2) is 0 Å². The van der Waals surface area contributed by atoms with Gasteiger partial charge < -0.3 is 10.4 Å². The second kappa shape index (κ2) is 6.02. The lowest BCUT2D eigenvalue weighted by molar-refractivity contribution is -0.127. The van der Waals surface area contributed by atoms with Gasteiger partial charge in [0.05, 0.1) is 12.1 Å². The number of nitrogens with one attached hydrogen (secondary N) is 1. The van der Waals surface area contributed by atoms with Gasteiger partial charge in [-0.05, 0) is 19.8 Å². The Bertz CT molecular complexity index is 176. The largest absolute Gasteiger partial charge is 0.394 e. The van der Waals surface area contributed by atoms with Crippen LogP contribution in [0.1, 0.15) is 47.0 Å². The summed E-state index contributed by atoms with van der Waals surface area (Å²) in [5.74, 6) is 0.0858. The molecule has 0 saturated carbocycles. The summed E-state index contributed by atoms with van der Waals surface area (Å²) in [7, 11) is 0. The Balaban J connectivity index is 4.15. The Kier molecular flexibility index (Phi) is 5.77. The molecule has 0 radical (unpaired) electrons. The maximum Gasteiger partial charge on any atom is 0.223 e. The highest BCUT2D eigenvalue weighted by Gasteiger charge is 2.25. The lowest BCUT2D eigenvalue weighted by Crippen LogP contribution is -2.50. The van der Waals surface area contributed by atoms with E-state index in [0.717, 1.165) is 19.3 Å². The molecule has 0 aromatic rings. The van der Waals surface area contributed by atoms with E-state index < -0.39 is 5.54 Å². The molecule has 0 rings (SSSR count). The van der Waals surface area contributed by atoms with E-state index in [1.165, 1.54) is 0 Å². The number of rotatable bonds is 6. The molecule has 0 aliphatic heterocycles. The molecule has 0 heterocycles. The molecule has 0 bridgehead atoms. The molecule has 14 heavy (non-hydrogen) atoms. The van der Waals surface area contributed by atoms with Crippen molar-refractivity contribution in [1.29, 1.82) is 0 Å². The molecule has 3 nitrogen and oxygen atoms in total. The number of hydrogen-bond acceptors (Lipinski definition) is 2. The second-order valence-electron chi connectivity index (χ2n) is 4.25. The summed E-state index contributed by atoms with van der Waals surface area (Å²) in [6, 6.07) is 0. The Morgan fingerprint density at radius 1 is 1.50 bits per heavy atom. The fourth-order valence-corrected chi connectivity index (χ4v) is 1.22. The fraction of sp³-hybridized carbons (Fsp3) is 0.909. The molecule has 0 aliphatic rings. The highest BCUT2D eigenvalue weighted by Crippen LogP contribution is 2.11. The van der Waals surface area contributed by atoms with Crippen LogP contribution in [0.4, 0.5) is 0 Å². The number of aliphatic hydroxyl groups is 1. The minimum Gasteiger partial charge on any atom is -0.394 e. The second-order valence-corrected chi connectivity index (χ2v) is 4.25. The first kappa shape index (κ1) is 13.4. The van der Waals surface area contributed by atoms with Crippen LogP contribution in [-0.2, 0) is 4.79 Å². The third kappa shape index (κ3) is 4.09. The molecule has 1 amide bonds. The first-order valence-corrected chi connectivity index (χ1v) is 5.42. The maximum atomic E-state index is 11.6. The van der Waals surface area contributed by atoms with Gasteiger partial charge in [0.2, 0.25) is 5.91 Å². The molecule has 84 valence electrons. The van der Waals surface area contributed by atoms with E-state index in [2.05, 4.69) is 12.2 Å². The number of aliphatic hydroxyl groups excluding tert-OH is 1. The van der Waals surface area contributed by atoms with E-state index in [1.54, 1.807) is 0 Å². The monoisotopic (exact) mass is 201 g/mol. The van der Waals surface area contributed by atoms with Crippen molar-refractivity contribution < 1.29 is 9.90 Å². The van der Waals surface area contributed by atoms with E-state index in [1.807, 2.05) is 20.8 Å². The van der Waals surface area contributed by atoms with E-state index >= 15 is 0 Å². The van der Waals surface area contributed by atoms with Crippen LogP contribution in [0, 0.1) is 5.92 Å². The normalized spacial score (nSPS) is 17.2. The molecular weight excluding hydrogens is 178 g/mol. The lowest BCUT2D eigenvalue weighted by atomic mass is 9.97. The minimum absolute atomic E-state index is 0.00587. The standard InChI is InChI=1S/C11H23NO2/c1-5-7-9(3)10(14)12-11(4,6-2)8-13/h9,13H,5-8H2,1-4H3,(H,12,14). The molecule has 2 unspecified atom stereocenters. The molecule has 2 atom stereocenters. The summed E-state index contributed by atoms with van der Waals surface area (Å²) < 4.78 is 0. The van der Waals surface area contributed by atoms with Crippen LogP contribution in [0.15, 0.2) is 0 Å². The van der Waals surface area contributed by atoms with Crippen LogP contribution in [-0.4, -0.2) is 23.2 Å². The predicted octanol–water partition coefficient (Wildman–Crippen LogP) is 1.70. The first-order chi connectivity index (χ1) is 6.49. The quantitative estimate of drug-likeness (QED) is 0.687. The van der Waals surface area contributed by atoms with Gasteiger partial charge in [0.1, 0.15) is 0 Å². The third-order valence-corrected chi connectivity index (χ3v) is 2.72. The van der Waals surface area contributed by atoms with Gasteiger partial charge >= 0.3 is 0 Å². The highest BCUT2D eigenvalue weighted by molar-refractivity contribution is 5.79. The lowest BCUT2D eigenvalue weighted by Gasteiger charge is -2.28. The summed E-state index contributed by atoms with van der Waals surface area (Å²) in [5, 5.41) is 12.0. The Morgan fingerprint density at radius 3 is 2.43 bits per heavy atom. The molecule has 0 fully saturated rings. The SMILES string of the molecule is CCCC(C)C(=O)NC(C)(CC)CO. The van der Waals surface area contributed by atoms with E-state index in [-0.39, 0.29) is 18.4 Å². The van der Waals surface area contributed by atoms with Crippen molar-refractivity contribution >= 4 is 5.91 Å². The third-order valence-electron chi connectivity index (χ3n) is 2.72. The Morgan fingerprint density at radius 2 is 2.07 bits per heavy atom. The van der Waals surface area contributed by atoms with Crippen molar-refractivity contribution in [2.24, 2.45) is 5.92 Å². The highest BCUT2D eigenvalue weighted by atomic mass is 16.3. The molecule has 3 heteroatoms. The van der Waals surface area contributed by atoms with Crippen molar-refractivity contribution in [3.05, 3.63) is 0 Å². The summed E-state index contributed by atoms with van der Waals surface area (Å²) >= 11 is 0. The van der Waals surface area contributed by atoms with Crippen LogP contribution in [0.2, 0.25) is 0 Å². The van der Waals surface area contributed by atoms with Crippen LogP contribution in [0.25, 0.3) is 0 Å². The van der Waals surface area contributed by atoms with Gasteiger partial charge in [-0.2, -0.15) is 0 Å². The summed E-state index contributed by atoms with van der Waals surface area (Å²) in [5.41, 5.74) is -0.459. The fourth-order valence-electron chi connectivity index (χ4n) is 1.22. The van der Waals surface area contributed by atoms with E-state index in [9.17, 15) is 4.79 Å². The molecule has 0 aromatic carbocycles. The van der Waals surface area contributed by atoms with Crippen molar-refractivity contribution in [2.45, 2.75) is 52.5 Å². The molecular formula is C11H23NO2. The molecule has 0 aromatic heterocycles. The van der Waals surface area contributed by atoms with Crippen LogP contribution in [0.3, 0.4) is 0 Å². The molecule has 0 saturated heterocycles.